The minimum Gasteiger partial charge on any atom is -0.493 e. The van der Waals surface area contributed by atoms with Gasteiger partial charge in [0.25, 0.3) is 5.91 Å². The SMILES string of the molecule is COc1ccc(CCN2C(=O)N[C@@H](CC(=O)Nc3nc4ccccc4s3)C2=O)cc1OC. The molecule has 0 radical (unpaired) electrons. The summed E-state index contributed by atoms with van der Waals surface area (Å²) in [6, 6.07) is 11.6. The van der Waals surface area contributed by atoms with Crippen LogP contribution in [0, 0.1) is 0 Å². The number of imide groups is 1. The van der Waals surface area contributed by atoms with E-state index >= 15 is 0 Å². The van der Waals surface area contributed by atoms with Gasteiger partial charge in [0, 0.05) is 6.54 Å². The number of para-hydroxylation sites is 1. The van der Waals surface area contributed by atoms with Gasteiger partial charge in [-0.25, -0.2) is 9.78 Å². The Bertz CT molecular complexity index is 1150. The summed E-state index contributed by atoms with van der Waals surface area (Å²) in [6.45, 7) is 0.191. The average Bonchev–Trinajstić information content (AvgIpc) is 3.31. The van der Waals surface area contributed by atoms with Crippen molar-refractivity contribution in [3.63, 3.8) is 0 Å². The number of aromatic nitrogens is 1. The summed E-state index contributed by atoms with van der Waals surface area (Å²) in [5.41, 5.74) is 1.68. The van der Waals surface area contributed by atoms with Crippen molar-refractivity contribution in [1.82, 2.24) is 15.2 Å². The molecule has 2 aromatic carbocycles. The van der Waals surface area contributed by atoms with E-state index in [1.165, 1.54) is 11.3 Å². The van der Waals surface area contributed by atoms with Crippen molar-refractivity contribution in [1.29, 1.82) is 0 Å². The molecule has 1 fully saturated rings. The van der Waals surface area contributed by atoms with Crippen LogP contribution < -0.4 is 20.1 Å². The Balaban J connectivity index is 1.34. The second kappa shape index (κ2) is 9.23. The van der Waals surface area contributed by atoms with Crippen molar-refractivity contribution in [3.8, 4) is 11.5 Å². The van der Waals surface area contributed by atoms with Crippen LogP contribution in [0.2, 0.25) is 0 Å². The van der Waals surface area contributed by atoms with Crippen LogP contribution in [0.25, 0.3) is 10.2 Å². The second-order valence-corrected chi connectivity index (χ2v) is 8.20. The van der Waals surface area contributed by atoms with E-state index in [0.29, 0.717) is 23.1 Å². The second-order valence-electron chi connectivity index (χ2n) is 7.17. The zero-order chi connectivity index (χ0) is 22.7. The fourth-order valence-corrected chi connectivity index (χ4v) is 4.37. The topological polar surface area (TPSA) is 110 Å². The van der Waals surface area contributed by atoms with E-state index in [1.807, 2.05) is 30.3 Å². The predicted molar refractivity (Wildman–Crippen MR) is 120 cm³/mol. The highest BCUT2D eigenvalue weighted by Gasteiger charge is 2.38. The van der Waals surface area contributed by atoms with Crippen molar-refractivity contribution in [2.45, 2.75) is 18.9 Å². The molecule has 4 rings (SSSR count). The van der Waals surface area contributed by atoms with Gasteiger partial charge in [0.2, 0.25) is 5.91 Å². The van der Waals surface area contributed by atoms with Gasteiger partial charge in [-0.05, 0) is 36.2 Å². The summed E-state index contributed by atoms with van der Waals surface area (Å²) in [4.78, 5) is 42.9. The van der Waals surface area contributed by atoms with Gasteiger partial charge in [-0.15, -0.1) is 0 Å². The van der Waals surface area contributed by atoms with Crippen molar-refractivity contribution in [2.75, 3.05) is 26.1 Å². The van der Waals surface area contributed by atoms with Gasteiger partial charge in [0.15, 0.2) is 16.6 Å². The summed E-state index contributed by atoms with van der Waals surface area (Å²) in [6.07, 6.45) is 0.289. The van der Waals surface area contributed by atoms with Crippen molar-refractivity contribution in [2.24, 2.45) is 0 Å². The third-order valence-electron chi connectivity index (χ3n) is 5.11. The van der Waals surface area contributed by atoms with Gasteiger partial charge in [-0.1, -0.05) is 29.5 Å². The van der Waals surface area contributed by atoms with E-state index in [0.717, 1.165) is 20.7 Å². The Morgan fingerprint density at radius 2 is 1.94 bits per heavy atom. The molecule has 1 atom stereocenters. The Hall–Kier alpha value is -3.66. The van der Waals surface area contributed by atoms with Crippen LogP contribution in [0.15, 0.2) is 42.5 Å². The van der Waals surface area contributed by atoms with Crippen LogP contribution in [-0.2, 0) is 16.0 Å². The Morgan fingerprint density at radius 1 is 1.16 bits per heavy atom. The van der Waals surface area contributed by atoms with Gasteiger partial charge >= 0.3 is 6.03 Å². The standard InChI is InChI=1S/C22H22N4O5S/c1-30-16-8-7-13(11-17(16)31-2)9-10-26-20(28)15(24-22(26)29)12-19(27)25-21-23-14-5-3-4-6-18(14)32-21/h3-8,11,15H,9-10,12H2,1-2H3,(H,24,29)(H,23,25,27)/t15-/m0/s1. The van der Waals surface area contributed by atoms with Crippen LogP contribution in [0.3, 0.4) is 0 Å². The van der Waals surface area contributed by atoms with Crippen LogP contribution >= 0.6 is 11.3 Å². The van der Waals surface area contributed by atoms with Crippen LogP contribution in [-0.4, -0.2) is 54.5 Å². The molecule has 0 spiro atoms. The van der Waals surface area contributed by atoms with Crippen molar-refractivity contribution < 1.29 is 23.9 Å². The van der Waals surface area contributed by atoms with Crippen molar-refractivity contribution in [3.05, 3.63) is 48.0 Å². The Labute approximate surface area is 188 Å². The van der Waals surface area contributed by atoms with E-state index < -0.39 is 18.0 Å². The first kappa shape index (κ1) is 21.6. The molecule has 0 bridgehead atoms. The summed E-state index contributed by atoms with van der Waals surface area (Å²) in [5.74, 6) is 0.372. The number of carbonyl (C=O) groups excluding carboxylic acids is 3. The average molecular weight is 455 g/mol. The van der Waals surface area contributed by atoms with Crippen LogP contribution in [0.4, 0.5) is 9.93 Å². The molecule has 1 aromatic heterocycles. The minimum absolute atomic E-state index is 0.159. The lowest BCUT2D eigenvalue weighted by Crippen LogP contribution is -2.34. The fourth-order valence-electron chi connectivity index (χ4n) is 3.49. The molecule has 32 heavy (non-hydrogen) atoms. The normalized spacial score (nSPS) is 15.7. The van der Waals surface area contributed by atoms with E-state index in [9.17, 15) is 14.4 Å². The third kappa shape index (κ3) is 4.50. The quantitative estimate of drug-likeness (QED) is 0.507. The number of amides is 4. The number of thiazole rings is 1. The molecule has 1 aliphatic rings. The van der Waals surface area contributed by atoms with Gasteiger partial charge in [-0.3, -0.25) is 14.5 Å². The predicted octanol–water partition coefficient (Wildman–Crippen LogP) is 2.81. The number of fused-ring (bicyclic) bond motifs is 1. The summed E-state index contributed by atoms with van der Waals surface area (Å²) in [7, 11) is 3.10. The first-order valence-corrected chi connectivity index (χ1v) is 10.8. The molecule has 0 unspecified atom stereocenters. The van der Waals surface area contributed by atoms with Gasteiger partial charge in [-0.2, -0.15) is 0 Å². The number of benzene rings is 2. The maximum absolute atomic E-state index is 12.7. The van der Waals surface area contributed by atoms with Crippen LogP contribution in [0.5, 0.6) is 11.5 Å². The number of carbonyl (C=O) groups is 3. The summed E-state index contributed by atoms with van der Waals surface area (Å²) < 4.78 is 11.5. The number of methoxy groups -OCH3 is 2. The zero-order valence-corrected chi connectivity index (χ0v) is 18.4. The highest BCUT2D eigenvalue weighted by molar-refractivity contribution is 7.22. The molecule has 10 heteroatoms. The number of hydrogen-bond acceptors (Lipinski definition) is 7. The third-order valence-corrected chi connectivity index (χ3v) is 6.06. The van der Waals surface area contributed by atoms with Gasteiger partial charge in [0.1, 0.15) is 6.04 Å². The minimum atomic E-state index is -0.901. The molecule has 3 aromatic rings. The number of nitrogens with zero attached hydrogens (tertiary/aromatic N) is 2. The zero-order valence-electron chi connectivity index (χ0n) is 17.6. The van der Waals surface area contributed by atoms with E-state index in [2.05, 4.69) is 15.6 Å². The van der Waals surface area contributed by atoms with E-state index in [1.54, 1.807) is 26.4 Å². The van der Waals surface area contributed by atoms with Crippen LogP contribution in [0.1, 0.15) is 12.0 Å². The number of nitrogens with one attached hydrogen (secondary N) is 2. The highest BCUT2D eigenvalue weighted by atomic mass is 32.1. The maximum Gasteiger partial charge on any atom is 0.324 e. The molecule has 1 saturated heterocycles. The molecule has 9 nitrogen and oxygen atoms in total. The summed E-state index contributed by atoms with van der Waals surface area (Å²) in [5, 5.41) is 5.76. The largest absolute Gasteiger partial charge is 0.493 e. The Kier molecular flexibility index (Phi) is 6.22. The maximum atomic E-state index is 12.7. The first-order valence-electron chi connectivity index (χ1n) is 9.96. The molecule has 166 valence electrons. The van der Waals surface area contributed by atoms with Crippen molar-refractivity contribution >= 4 is 44.5 Å². The van der Waals surface area contributed by atoms with Gasteiger partial charge in [0.05, 0.1) is 30.9 Å². The molecule has 0 aliphatic carbocycles. The molecule has 1 aliphatic heterocycles. The molecule has 2 heterocycles. The monoisotopic (exact) mass is 454 g/mol. The smallest absolute Gasteiger partial charge is 0.324 e. The Morgan fingerprint density at radius 3 is 2.69 bits per heavy atom. The lowest BCUT2D eigenvalue weighted by atomic mass is 10.1. The molecular formula is C22H22N4O5S. The van der Waals surface area contributed by atoms with E-state index in [-0.39, 0.29) is 18.9 Å². The fraction of sp³-hybridized carbons (Fsp3) is 0.273. The highest BCUT2D eigenvalue weighted by Crippen LogP contribution is 2.28. The molecule has 2 N–H and O–H groups in total. The number of urea groups is 1. The number of anilines is 1. The lowest BCUT2D eigenvalue weighted by molar-refractivity contribution is -0.129. The first-order chi connectivity index (χ1) is 15.5. The summed E-state index contributed by atoms with van der Waals surface area (Å²) >= 11 is 1.35. The molecule has 0 saturated carbocycles. The number of hydrogen-bond donors (Lipinski definition) is 2. The lowest BCUT2D eigenvalue weighted by Gasteiger charge is -2.14. The number of rotatable bonds is 8. The molecule has 4 amide bonds. The van der Waals surface area contributed by atoms with Gasteiger partial charge < -0.3 is 20.1 Å². The van der Waals surface area contributed by atoms with E-state index in [4.69, 9.17) is 9.47 Å². The molecular weight excluding hydrogens is 432 g/mol. The number of ether oxygens (including phenoxy) is 2.